The number of benzene rings is 3. The summed E-state index contributed by atoms with van der Waals surface area (Å²) in [6.45, 7) is -0.478. The number of amides is 1. The molecular weight excluding hydrogens is 494 g/mol. The van der Waals surface area contributed by atoms with Crippen molar-refractivity contribution < 1.29 is 24.2 Å². The Morgan fingerprint density at radius 2 is 1.76 bits per heavy atom. The van der Waals surface area contributed by atoms with E-state index < -0.39 is 12.6 Å². The molecule has 1 amide bonds. The minimum absolute atomic E-state index is 0.0393. The molecule has 0 spiro atoms. The number of aliphatic carboxylic acids is 1. The second-order valence-corrected chi connectivity index (χ2v) is 8.45. The van der Waals surface area contributed by atoms with Crippen LogP contribution >= 0.6 is 11.8 Å². The van der Waals surface area contributed by atoms with Crippen LogP contribution in [-0.2, 0) is 9.59 Å². The molecule has 0 radical (unpaired) electrons. The molecule has 0 fully saturated rings. The predicted molar refractivity (Wildman–Crippen MR) is 139 cm³/mol. The van der Waals surface area contributed by atoms with Crippen molar-refractivity contribution in [1.29, 1.82) is 0 Å². The van der Waals surface area contributed by atoms with Gasteiger partial charge in [-0.2, -0.15) is 5.10 Å². The Balaban J connectivity index is 1.46. The zero-order chi connectivity index (χ0) is 26.0. The highest BCUT2D eigenvalue weighted by Gasteiger charge is 2.17. The van der Waals surface area contributed by atoms with E-state index in [0.29, 0.717) is 22.3 Å². The number of carbonyl (C=O) groups is 2. The van der Waals surface area contributed by atoms with Gasteiger partial charge in [-0.05, 0) is 36.4 Å². The summed E-state index contributed by atoms with van der Waals surface area (Å²) >= 11 is 1.22. The molecule has 10 nitrogen and oxygen atoms in total. The molecule has 0 atom stereocenters. The van der Waals surface area contributed by atoms with Crippen molar-refractivity contribution in [2.45, 2.75) is 5.16 Å². The summed E-state index contributed by atoms with van der Waals surface area (Å²) in [7, 11) is 1.60. The molecule has 1 aromatic heterocycles. The van der Waals surface area contributed by atoms with E-state index in [2.05, 4.69) is 20.7 Å². The number of thioether (sulfide) groups is 1. The Hall–Kier alpha value is -4.64. The van der Waals surface area contributed by atoms with Gasteiger partial charge in [0.2, 0.25) is 0 Å². The number of nitrogens with zero attached hydrogens (tertiary/aromatic N) is 4. The van der Waals surface area contributed by atoms with Crippen molar-refractivity contribution in [2.24, 2.45) is 5.10 Å². The molecule has 3 aromatic carbocycles. The highest BCUT2D eigenvalue weighted by molar-refractivity contribution is 7.99. The van der Waals surface area contributed by atoms with Gasteiger partial charge in [-0.15, -0.1) is 10.2 Å². The van der Waals surface area contributed by atoms with Gasteiger partial charge in [0.05, 0.1) is 19.1 Å². The van der Waals surface area contributed by atoms with Crippen LogP contribution in [-0.4, -0.2) is 57.4 Å². The van der Waals surface area contributed by atoms with Gasteiger partial charge in [-0.25, -0.2) is 10.2 Å². The summed E-state index contributed by atoms with van der Waals surface area (Å²) in [6, 6.07) is 23.9. The second kappa shape index (κ2) is 12.4. The Morgan fingerprint density at radius 1 is 1.03 bits per heavy atom. The van der Waals surface area contributed by atoms with Gasteiger partial charge in [-0.1, -0.05) is 54.2 Å². The number of nitrogens with one attached hydrogen (secondary N) is 1. The summed E-state index contributed by atoms with van der Waals surface area (Å²) in [5, 5.41) is 22.0. The van der Waals surface area contributed by atoms with Crippen LogP contribution in [0.15, 0.2) is 89.1 Å². The standard InChI is InChI=1S/C26H23N5O5S/c1-35-21-13-11-20(12-14-21)31-25(18-7-3-2-4-8-18)29-30-26(31)37-17-23(32)28-27-15-19-9-5-6-10-22(19)36-16-24(33)34/h2-15H,16-17H2,1H3,(H,28,32)(H,33,34)/b27-15-. The van der Waals surface area contributed by atoms with E-state index in [4.69, 9.17) is 14.6 Å². The normalized spacial score (nSPS) is 10.8. The first kappa shape index (κ1) is 25.5. The maximum absolute atomic E-state index is 12.5. The van der Waals surface area contributed by atoms with E-state index in [1.807, 2.05) is 59.2 Å². The number of hydrogen-bond donors (Lipinski definition) is 2. The van der Waals surface area contributed by atoms with E-state index in [-0.39, 0.29) is 11.7 Å². The summed E-state index contributed by atoms with van der Waals surface area (Å²) in [5.41, 5.74) is 4.71. The zero-order valence-electron chi connectivity index (χ0n) is 19.8. The third-order valence-electron chi connectivity index (χ3n) is 4.99. The number of carboxylic acid groups (broad SMARTS) is 1. The summed E-state index contributed by atoms with van der Waals surface area (Å²) in [6.07, 6.45) is 1.40. The van der Waals surface area contributed by atoms with Gasteiger partial charge in [0.15, 0.2) is 17.6 Å². The predicted octanol–water partition coefficient (Wildman–Crippen LogP) is 3.65. The topological polar surface area (TPSA) is 128 Å². The fourth-order valence-electron chi connectivity index (χ4n) is 3.30. The number of hydrogen-bond acceptors (Lipinski definition) is 8. The van der Waals surface area contributed by atoms with E-state index in [1.165, 1.54) is 18.0 Å². The largest absolute Gasteiger partial charge is 0.497 e. The van der Waals surface area contributed by atoms with Crippen molar-refractivity contribution in [3.8, 4) is 28.6 Å². The van der Waals surface area contributed by atoms with Gasteiger partial charge < -0.3 is 14.6 Å². The Labute approximate surface area is 217 Å². The molecule has 188 valence electrons. The lowest BCUT2D eigenvalue weighted by Crippen LogP contribution is -2.20. The fourth-order valence-corrected chi connectivity index (χ4v) is 4.04. The van der Waals surface area contributed by atoms with Crippen molar-refractivity contribution in [3.63, 3.8) is 0 Å². The van der Waals surface area contributed by atoms with E-state index in [9.17, 15) is 9.59 Å². The molecular formula is C26H23N5O5S. The van der Waals surface area contributed by atoms with Crippen LogP contribution in [0.3, 0.4) is 0 Å². The lowest BCUT2D eigenvalue weighted by Gasteiger charge is -2.11. The molecule has 0 unspecified atom stereocenters. The first-order chi connectivity index (χ1) is 18.0. The van der Waals surface area contributed by atoms with Crippen molar-refractivity contribution in [1.82, 2.24) is 20.2 Å². The Kier molecular flexibility index (Phi) is 8.50. The SMILES string of the molecule is COc1ccc(-n2c(SCC(=O)N/N=C\c3ccccc3OCC(=O)O)nnc2-c2ccccc2)cc1. The molecule has 0 saturated carbocycles. The molecule has 4 aromatic rings. The minimum atomic E-state index is -1.09. The maximum Gasteiger partial charge on any atom is 0.341 e. The molecule has 2 N–H and O–H groups in total. The number of para-hydroxylation sites is 1. The quantitative estimate of drug-likeness (QED) is 0.175. The minimum Gasteiger partial charge on any atom is -0.497 e. The van der Waals surface area contributed by atoms with Gasteiger partial charge >= 0.3 is 5.97 Å². The average molecular weight is 518 g/mol. The van der Waals surface area contributed by atoms with Gasteiger partial charge in [0.1, 0.15) is 11.5 Å². The summed E-state index contributed by atoms with van der Waals surface area (Å²) < 4.78 is 12.4. The Morgan fingerprint density at radius 3 is 2.49 bits per heavy atom. The molecule has 4 rings (SSSR count). The molecule has 1 heterocycles. The monoisotopic (exact) mass is 517 g/mol. The van der Waals surface area contributed by atoms with Crippen LogP contribution in [0.25, 0.3) is 17.1 Å². The highest BCUT2D eigenvalue weighted by Crippen LogP contribution is 2.28. The molecule has 11 heteroatoms. The van der Waals surface area contributed by atoms with Gasteiger partial charge in [-0.3, -0.25) is 9.36 Å². The second-order valence-electron chi connectivity index (χ2n) is 7.51. The Bertz CT molecular complexity index is 1390. The van der Waals surface area contributed by atoms with Crippen LogP contribution in [0.2, 0.25) is 0 Å². The average Bonchev–Trinajstić information content (AvgIpc) is 3.36. The number of carbonyl (C=O) groups excluding carboxylic acids is 1. The highest BCUT2D eigenvalue weighted by atomic mass is 32.2. The summed E-state index contributed by atoms with van der Waals surface area (Å²) in [5.74, 6) is 0.311. The summed E-state index contributed by atoms with van der Waals surface area (Å²) in [4.78, 5) is 23.3. The third-order valence-corrected chi connectivity index (χ3v) is 5.92. The molecule has 0 bridgehead atoms. The fraction of sp³-hybridized carbons (Fsp3) is 0.115. The number of hydrazone groups is 1. The van der Waals surface area contributed by atoms with E-state index in [0.717, 1.165) is 17.0 Å². The molecule has 0 aliphatic carbocycles. The lowest BCUT2D eigenvalue weighted by molar-refractivity contribution is -0.139. The maximum atomic E-state index is 12.5. The van der Waals surface area contributed by atoms with Crippen molar-refractivity contribution in [2.75, 3.05) is 19.5 Å². The van der Waals surface area contributed by atoms with Gasteiger partial charge in [0, 0.05) is 16.8 Å². The smallest absolute Gasteiger partial charge is 0.341 e. The third kappa shape index (κ3) is 6.73. The number of carboxylic acids is 1. The van der Waals surface area contributed by atoms with Crippen molar-refractivity contribution >= 4 is 29.9 Å². The number of methoxy groups -OCH3 is 1. The first-order valence-corrected chi connectivity index (χ1v) is 12.1. The number of aromatic nitrogens is 3. The van der Waals surface area contributed by atoms with Crippen LogP contribution in [0.5, 0.6) is 11.5 Å². The van der Waals surface area contributed by atoms with E-state index >= 15 is 0 Å². The van der Waals surface area contributed by atoms with E-state index in [1.54, 1.807) is 31.4 Å². The molecule has 0 saturated heterocycles. The van der Waals surface area contributed by atoms with Crippen molar-refractivity contribution in [3.05, 3.63) is 84.4 Å². The van der Waals surface area contributed by atoms with Crippen LogP contribution in [0, 0.1) is 0 Å². The molecule has 37 heavy (non-hydrogen) atoms. The van der Waals surface area contributed by atoms with Crippen LogP contribution < -0.4 is 14.9 Å². The van der Waals surface area contributed by atoms with Gasteiger partial charge in [0.25, 0.3) is 5.91 Å². The number of rotatable bonds is 11. The number of ether oxygens (including phenoxy) is 2. The zero-order valence-corrected chi connectivity index (χ0v) is 20.6. The first-order valence-electron chi connectivity index (χ1n) is 11.1. The molecule has 0 aliphatic heterocycles. The molecule has 0 aliphatic rings. The van der Waals surface area contributed by atoms with Crippen LogP contribution in [0.1, 0.15) is 5.56 Å². The lowest BCUT2D eigenvalue weighted by atomic mass is 10.2. The van der Waals surface area contributed by atoms with Crippen LogP contribution in [0.4, 0.5) is 0 Å².